The van der Waals surface area contributed by atoms with Gasteiger partial charge >= 0.3 is 5.97 Å². The lowest BCUT2D eigenvalue weighted by atomic mass is 10.1. The molecule has 1 heterocycles. The molecule has 0 spiro atoms. The minimum absolute atomic E-state index is 0.348. The number of thiophene rings is 1. The molecule has 0 aliphatic carbocycles. The summed E-state index contributed by atoms with van der Waals surface area (Å²) < 4.78 is 0. The van der Waals surface area contributed by atoms with Crippen molar-refractivity contribution in [2.45, 2.75) is 0 Å². The Labute approximate surface area is 73.1 Å². The van der Waals surface area contributed by atoms with E-state index in [1.165, 1.54) is 0 Å². The number of hydrogen-bond donors (Lipinski definition) is 1. The molecule has 0 aliphatic heterocycles. The number of aromatic carboxylic acids is 1. The molecule has 1 aromatic carbocycles. The average molecular weight is 178 g/mol. The smallest absolute Gasteiger partial charge is 0.335 e. The van der Waals surface area contributed by atoms with Crippen molar-refractivity contribution >= 4 is 28.1 Å². The molecule has 2 nitrogen and oxygen atoms in total. The zero-order chi connectivity index (χ0) is 8.55. The molecule has 0 saturated carbocycles. The van der Waals surface area contributed by atoms with Crippen molar-refractivity contribution in [3.63, 3.8) is 0 Å². The highest BCUT2D eigenvalue weighted by Crippen LogP contribution is 2.20. The molecule has 0 bridgehead atoms. The van der Waals surface area contributed by atoms with Crippen molar-refractivity contribution in [1.29, 1.82) is 0 Å². The number of carbonyl (C=O) groups is 1. The molecule has 2 rings (SSSR count). The van der Waals surface area contributed by atoms with Crippen LogP contribution in [-0.4, -0.2) is 11.1 Å². The number of carboxylic acid groups (broad SMARTS) is 1. The second kappa shape index (κ2) is 2.60. The van der Waals surface area contributed by atoms with E-state index >= 15 is 0 Å². The van der Waals surface area contributed by atoms with E-state index in [4.69, 9.17) is 5.11 Å². The summed E-state index contributed by atoms with van der Waals surface area (Å²) in [6.45, 7) is 0. The van der Waals surface area contributed by atoms with Crippen molar-refractivity contribution < 1.29 is 9.90 Å². The van der Waals surface area contributed by atoms with E-state index in [-0.39, 0.29) is 0 Å². The first kappa shape index (κ1) is 7.31. The number of carboxylic acids is 1. The van der Waals surface area contributed by atoms with Gasteiger partial charge in [-0.25, -0.2) is 4.79 Å². The van der Waals surface area contributed by atoms with Crippen LogP contribution in [0.2, 0.25) is 0 Å². The van der Waals surface area contributed by atoms with Gasteiger partial charge in [0.2, 0.25) is 0 Å². The summed E-state index contributed by atoms with van der Waals surface area (Å²) >= 11 is 1.58. The quantitative estimate of drug-likeness (QED) is 0.728. The molecule has 0 unspecified atom stereocenters. The van der Waals surface area contributed by atoms with Gasteiger partial charge in [0.15, 0.2) is 0 Å². The monoisotopic (exact) mass is 178 g/mol. The molecule has 0 aliphatic rings. The molecule has 3 heteroatoms. The Balaban J connectivity index is 2.68. The Bertz CT molecular complexity index is 431. The van der Waals surface area contributed by atoms with Gasteiger partial charge in [0.1, 0.15) is 0 Å². The van der Waals surface area contributed by atoms with Crippen molar-refractivity contribution in [2.24, 2.45) is 0 Å². The maximum Gasteiger partial charge on any atom is 0.335 e. The third-order valence-corrected chi connectivity index (χ3v) is 2.50. The van der Waals surface area contributed by atoms with Gasteiger partial charge < -0.3 is 5.11 Å². The molecular weight excluding hydrogens is 172 g/mol. The highest BCUT2D eigenvalue weighted by Gasteiger charge is 2.02. The Morgan fingerprint density at radius 2 is 2.00 bits per heavy atom. The fourth-order valence-corrected chi connectivity index (χ4v) is 1.88. The molecule has 12 heavy (non-hydrogen) atoms. The number of hydrogen-bond acceptors (Lipinski definition) is 2. The minimum atomic E-state index is -0.872. The molecule has 60 valence electrons. The first-order valence-electron chi connectivity index (χ1n) is 3.46. The Morgan fingerprint density at radius 3 is 2.75 bits per heavy atom. The molecule has 0 atom stereocenters. The fraction of sp³-hybridized carbons (Fsp3) is 0. The predicted molar refractivity (Wildman–Crippen MR) is 48.8 cm³/mol. The van der Waals surface area contributed by atoms with Crippen LogP contribution in [0.1, 0.15) is 10.4 Å². The maximum atomic E-state index is 10.6. The second-order valence-corrected chi connectivity index (χ2v) is 3.26. The standard InChI is InChI=1S/C9H6O2S/c10-9(11)6-1-2-7-4-12-5-8(7)3-6/h1-5H,(H,10,11). The molecule has 1 N–H and O–H groups in total. The van der Waals surface area contributed by atoms with E-state index in [9.17, 15) is 4.79 Å². The molecule has 0 saturated heterocycles. The molecule has 2 aromatic rings. The van der Waals surface area contributed by atoms with Crippen LogP contribution in [0, 0.1) is 0 Å². The van der Waals surface area contributed by atoms with Crippen molar-refractivity contribution in [3.8, 4) is 0 Å². The number of rotatable bonds is 1. The molecule has 0 fully saturated rings. The van der Waals surface area contributed by atoms with Gasteiger partial charge in [0, 0.05) is 0 Å². The van der Waals surface area contributed by atoms with Crippen LogP contribution in [0.25, 0.3) is 10.8 Å². The van der Waals surface area contributed by atoms with Crippen LogP contribution in [0.3, 0.4) is 0 Å². The van der Waals surface area contributed by atoms with E-state index in [1.54, 1.807) is 23.5 Å². The summed E-state index contributed by atoms with van der Waals surface area (Å²) in [6.07, 6.45) is 0. The van der Waals surface area contributed by atoms with Crippen LogP contribution < -0.4 is 0 Å². The highest BCUT2D eigenvalue weighted by molar-refractivity contribution is 7.09. The third-order valence-electron chi connectivity index (χ3n) is 1.72. The average Bonchev–Trinajstić information content (AvgIpc) is 2.49. The van der Waals surface area contributed by atoms with Gasteiger partial charge in [-0.05, 0) is 33.7 Å². The number of fused-ring (bicyclic) bond motifs is 1. The van der Waals surface area contributed by atoms with Gasteiger partial charge in [-0.15, -0.1) is 0 Å². The minimum Gasteiger partial charge on any atom is -0.478 e. The van der Waals surface area contributed by atoms with Gasteiger partial charge in [-0.1, -0.05) is 6.07 Å². The normalized spacial score (nSPS) is 10.3. The summed E-state index contributed by atoms with van der Waals surface area (Å²) in [7, 11) is 0. The van der Waals surface area contributed by atoms with Crippen LogP contribution >= 0.6 is 11.3 Å². The van der Waals surface area contributed by atoms with E-state index in [0.717, 1.165) is 10.8 Å². The number of benzene rings is 1. The van der Waals surface area contributed by atoms with Gasteiger partial charge in [-0.3, -0.25) is 0 Å². The summed E-state index contributed by atoms with van der Waals surface area (Å²) in [5, 5.41) is 14.7. The zero-order valence-corrected chi connectivity index (χ0v) is 6.97. The summed E-state index contributed by atoms with van der Waals surface area (Å²) in [6, 6.07) is 5.14. The van der Waals surface area contributed by atoms with Gasteiger partial charge in [0.25, 0.3) is 0 Å². The van der Waals surface area contributed by atoms with Crippen molar-refractivity contribution in [2.75, 3.05) is 0 Å². The lowest BCUT2D eigenvalue weighted by Crippen LogP contribution is -1.94. The topological polar surface area (TPSA) is 37.3 Å². The highest BCUT2D eigenvalue weighted by atomic mass is 32.1. The van der Waals surface area contributed by atoms with Crippen LogP contribution in [0.5, 0.6) is 0 Å². The van der Waals surface area contributed by atoms with E-state index in [2.05, 4.69) is 0 Å². The first-order chi connectivity index (χ1) is 5.77. The Kier molecular flexibility index (Phi) is 1.59. The van der Waals surface area contributed by atoms with Crippen LogP contribution in [0.15, 0.2) is 29.0 Å². The fourth-order valence-electron chi connectivity index (χ4n) is 1.10. The maximum absolute atomic E-state index is 10.6. The molecule has 0 amide bonds. The Morgan fingerprint density at radius 1 is 1.25 bits per heavy atom. The van der Waals surface area contributed by atoms with Gasteiger partial charge in [0.05, 0.1) is 5.56 Å². The summed E-state index contributed by atoms with van der Waals surface area (Å²) in [5.74, 6) is -0.872. The summed E-state index contributed by atoms with van der Waals surface area (Å²) in [4.78, 5) is 10.6. The zero-order valence-electron chi connectivity index (χ0n) is 6.15. The van der Waals surface area contributed by atoms with Gasteiger partial charge in [-0.2, -0.15) is 11.3 Å². The molecule has 1 aromatic heterocycles. The second-order valence-electron chi connectivity index (χ2n) is 2.52. The SMILES string of the molecule is O=C(O)c1ccc2cscc2c1. The van der Waals surface area contributed by atoms with Crippen LogP contribution in [-0.2, 0) is 0 Å². The predicted octanol–water partition coefficient (Wildman–Crippen LogP) is 2.60. The summed E-state index contributed by atoms with van der Waals surface area (Å²) in [5.41, 5.74) is 0.348. The van der Waals surface area contributed by atoms with E-state index < -0.39 is 5.97 Å². The van der Waals surface area contributed by atoms with Crippen molar-refractivity contribution in [1.82, 2.24) is 0 Å². The van der Waals surface area contributed by atoms with E-state index in [1.807, 2.05) is 16.8 Å². The largest absolute Gasteiger partial charge is 0.478 e. The van der Waals surface area contributed by atoms with Crippen molar-refractivity contribution in [3.05, 3.63) is 34.5 Å². The van der Waals surface area contributed by atoms with Crippen LogP contribution in [0.4, 0.5) is 0 Å². The molecular formula is C9H6O2S. The lowest BCUT2D eigenvalue weighted by Gasteiger charge is -1.93. The Hall–Kier alpha value is -1.35. The molecule has 0 radical (unpaired) electrons. The van der Waals surface area contributed by atoms with E-state index in [0.29, 0.717) is 5.56 Å². The first-order valence-corrected chi connectivity index (χ1v) is 4.41. The third kappa shape index (κ3) is 1.08. The lowest BCUT2D eigenvalue weighted by molar-refractivity contribution is 0.0697.